The molecule has 2 rings (SSSR count). The summed E-state index contributed by atoms with van der Waals surface area (Å²) in [5.74, 6) is -0.0969. The van der Waals surface area contributed by atoms with Gasteiger partial charge in [0.25, 0.3) is 0 Å². The van der Waals surface area contributed by atoms with Gasteiger partial charge in [-0.05, 0) is 25.7 Å². The predicted octanol–water partition coefficient (Wildman–Crippen LogP) is 0.163. The van der Waals surface area contributed by atoms with E-state index in [1.54, 1.807) is 11.9 Å². The maximum Gasteiger partial charge on any atom is 0.223 e. The van der Waals surface area contributed by atoms with Crippen molar-refractivity contribution in [3.8, 4) is 0 Å². The van der Waals surface area contributed by atoms with Crippen LogP contribution in [0.4, 0.5) is 0 Å². The van der Waals surface area contributed by atoms with Crippen molar-refractivity contribution in [1.29, 1.82) is 0 Å². The van der Waals surface area contributed by atoms with Gasteiger partial charge in [0.05, 0.1) is 5.75 Å². The van der Waals surface area contributed by atoms with Gasteiger partial charge in [0.2, 0.25) is 5.91 Å². The van der Waals surface area contributed by atoms with Crippen LogP contribution in [-0.4, -0.2) is 56.4 Å². The van der Waals surface area contributed by atoms with Crippen molar-refractivity contribution in [2.24, 2.45) is 0 Å². The smallest absolute Gasteiger partial charge is 0.223 e. The quantitative estimate of drug-likeness (QED) is 0.793. The number of carbonyl (C=O) groups is 1. The van der Waals surface area contributed by atoms with Gasteiger partial charge in [-0.1, -0.05) is 0 Å². The molecular formula is C12H22N2O3S. The lowest BCUT2D eigenvalue weighted by Crippen LogP contribution is -2.48. The molecule has 2 unspecified atom stereocenters. The number of nitrogens with one attached hydrogen (secondary N) is 1. The van der Waals surface area contributed by atoms with Crippen molar-refractivity contribution in [2.75, 3.05) is 19.1 Å². The first kappa shape index (κ1) is 13.8. The molecule has 0 radical (unpaired) electrons. The Morgan fingerprint density at radius 3 is 2.33 bits per heavy atom. The Morgan fingerprint density at radius 1 is 1.28 bits per heavy atom. The third-order valence-electron chi connectivity index (χ3n) is 4.08. The maximum absolute atomic E-state index is 12.0. The van der Waals surface area contributed by atoms with E-state index in [1.165, 1.54) is 19.1 Å². The molecule has 5 nitrogen and oxygen atoms in total. The molecule has 2 heterocycles. The minimum atomic E-state index is -3.05. The molecule has 0 aromatic carbocycles. The molecule has 104 valence electrons. The minimum absolute atomic E-state index is 0.0476. The summed E-state index contributed by atoms with van der Waals surface area (Å²) in [4.78, 5) is 13.7. The minimum Gasteiger partial charge on any atom is -0.343 e. The normalized spacial score (nSPS) is 31.3. The van der Waals surface area contributed by atoms with Gasteiger partial charge in [-0.2, -0.15) is 0 Å². The zero-order valence-corrected chi connectivity index (χ0v) is 11.9. The molecule has 2 aliphatic rings. The first-order valence-electron chi connectivity index (χ1n) is 6.54. The van der Waals surface area contributed by atoms with Crippen molar-refractivity contribution in [3.05, 3.63) is 0 Å². The van der Waals surface area contributed by atoms with Crippen LogP contribution in [0.15, 0.2) is 0 Å². The highest BCUT2D eigenvalue weighted by atomic mass is 32.2. The van der Waals surface area contributed by atoms with Gasteiger partial charge in [-0.3, -0.25) is 4.79 Å². The molecule has 2 bridgehead atoms. The van der Waals surface area contributed by atoms with Crippen molar-refractivity contribution < 1.29 is 13.2 Å². The molecule has 0 aromatic rings. The van der Waals surface area contributed by atoms with E-state index >= 15 is 0 Å². The van der Waals surface area contributed by atoms with Gasteiger partial charge >= 0.3 is 0 Å². The second kappa shape index (κ2) is 5.17. The largest absolute Gasteiger partial charge is 0.343 e. The average molecular weight is 274 g/mol. The lowest BCUT2D eigenvalue weighted by atomic mass is 9.98. The van der Waals surface area contributed by atoms with E-state index in [0.29, 0.717) is 12.1 Å². The Bertz CT molecular complexity index is 409. The molecule has 6 heteroatoms. The van der Waals surface area contributed by atoms with Crippen LogP contribution >= 0.6 is 0 Å². The molecule has 2 atom stereocenters. The molecule has 2 fully saturated rings. The number of nitrogens with zero attached hydrogens (tertiary/aromatic N) is 1. The number of piperidine rings is 1. The predicted molar refractivity (Wildman–Crippen MR) is 70.1 cm³/mol. The van der Waals surface area contributed by atoms with Crippen LogP contribution < -0.4 is 5.32 Å². The number of rotatable bonds is 4. The maximum atomic E-state index is 12.0. The number of carbonyl (C=O) groups excluding carboxylic acids is 1. The van der Waals surface area contributed by atoms with Crippen molar-refractivity contribution >= 4 is 15.7 Å². The summed E-state index contributed by atoms with van der Waals surface area (Å²) in [6, 6.07) is 1.36. The highest BCUT2D eigenvalue weighted by Crippen LogP contribution is 2.29. The SMILES string of the molecule is CN(C(=O)CCS(C)(=O)=O)C1CC2CCC(C1)N2. The molecule has 0 saturated carbocycles. The molecule has 2 aliphatic heterocycles. The number of amides is 1. The van der Waals surface area contributed by atoms with Crippen LogP contribution in [-0.2, 0) is 14.6 Å². The summed E-state index contributed by atoms with van der Waals surface area (Å²) in [6.45, 7) is 0. The van der Waals surface area contributed by atoms with E-state index in [9.17, 15) is 13.2 Å². The Hall–Kier alpha value is -0.620. The monoisotopic (exact) mass is 274 g/mol. The van der Waals surface area contributed by atoms with Gasteiger partial charge in [0.15, 0.2) is 0 Å². The van der Waals surface area contributed by atoms with E-state index in [4.69, 9.17) is 0 Å². The number of hydrogen-bond acceptors (Lipinski definition) is 4. The fraction of sp³-hybridized carbons (Fsp3) is 0.917. The van der Waals surface area contributed by atoms with E-state index < -0.39 is 9.84 Å². The molecule has 0 aromatic heterocycles. The summed E-state index contributed by atoms with van der Waals surface area (Å²) in [5.41, 5.74) is 0. The molecular weight excluding hydrogens is 252 g/mol. The summed E-state index contributed by atoms with van der Waals surface area (Å²) < 4.78 is 22.1. The number of fused-ring (bicyclic) bond motifs is 2. The fourth-order valence-electron chi connectivity index (χ4n) is 3.00. The van der Waals surface area contributed by atoms with Crippen LogP contribution in [0.2, 0.25) is 0 Å². The molecule has 2 saturated heterocycles. The molecule has 0 spiro atoms. The molecule has 1 N–H and O–H groups in total. The summed E-state index contributed by atoms with van der Waals surface area (Å²) >= 11 is 0. The second-order valence-corrected chi connectivity index (χ2v) is 7.91. The fourth-order valence-corrected chi connectivity index (χ4v) is 3.54. The van der Waals surface area contributed by atoms with Gasteiger partial charge in [0.1, 0.15) is 9.84 Å². The Labute approximate surface area is 109 Å². The molecule has 1 amide bonds. The van der Waals surface area contributed by atoms with E-state index in [0.717, 1.165) is 12.8 Å². The number of sulfone groups is 1. The third-order valence-corrected chi connectivity index (χ3v) is 5.02. The topological polar surface area (TPSA) is 66.5 Å². The van der Waals surface area contributed by atoms with Crippen molar-refractivity contribution in [2.45, 2.75) is 50.2 Å². The first-order valence-corrected chi connectivity index (χ1v) is 8.60. The zero-order valence-electron chi connectivity index (χ0n) is 11.1. The molecule has 18 heavy (non-hydrogen) atoms. The van der Waals surface area contributed by atoms with Gasteiger partial charge in [-0.15, -0.1) is 0 Å². The lowest BCUT2D eigenvalue weighted by molar-refractivity contribution is -0.132. The van der Waals surface area contributed by atoms with E-state index in [1.807, 2.05) is 0 Å². The standard InChI is InChI=1S/C12H22N2O3S/c1-14(12(15)5-6-18(2,16)17)11-7-9-3-4-10(8-11)13-9/h9-11,13H,3-8H2,1-2H3. The van der Waals surface area contributed by atoms with Crippen LogP contribution in [0.1, 0.15) is 32.1 Å². The van der Waals surface area contributed by atoms with Crippen LogP contribution in [0.3, 0.4) is 0 Å². The number of hydrogen-bond donors (Lipinski definition) is 1. The Balaban J connectivity index is 1.87. The third kappa shape index (κ3) is 3.45. The molecule has 0 aliphatic carbocycles. The van der Waals surface area contributed by atoms with Crippen LogP contribution in [0, 0.1) is 0 Å². The average Bonchev–Trinajstić information content (AvgIpc) is 2.63. The zero-order chi connectivity index (χ0) is 13.3. The Morgan fingerprint density at radius 2 is 1.83 bits per heavy atom. The second-order valence-electron chi connectivity index (χ2n) is 5.65. The summed E-state index contributed by atoms with van der Waals surface area (Å²) in [7, 11) is -1.25. The van der Waals surface area contributed by atoms with Crippen LogP contribution in [0.5, 0.6) is 0 Å². The highest BCUT2D eigenvalue weighted by molar-refractivity contribution is 7.90. The van der Waals surface area contributed by atoms with Crippen molar-refractivity contribution in [3.63, 3.8) is 0 Å². The van der Waals surface area contributed by atoms with E-state index in [-0.39, 0.29) is 24.1 Å². The summed E-state index contributed by atoms with van der Waals surface area (Å²) in [5, 5.41) is 3.54. The van der Waals surface area contributed by atoms with Gasteiger partial charge in [0, 0.05) is 37.8 Å². The van der Waals surface area contributed by atoms with Crippen LogP contribution in [0.25, 0.3) is 0 Å². The van der Waals surface area contributed by atoms with Crippen molar-refractivity contribution in [1.82, 2.24) is 10.2 Å². The lowest BCUT2D eigenvalue weighted by Gasteiger charge is -2.35. The van der Waals surface area contributed by atoms with Gasteiger partial charge < -0.3 is 10.2 Å². The highest BCUT2D eigenvalue weighted by Gasteiger charge is 2.36. The Kier molecular flexibility index (Phi) is 3.96. The van der Waals surface area contributed by atoms with E-state index in [2.05, 4.69) is 5.32 Å². The summed E-state index contributed by atoms with van der Waals surface area (Å²) in [6.07, 6.45) is 5.67. The van der Waals surface area contributed by atoms with Gasteiger partial charge in [-0.25, -0.2) is 8.42 Å². The first-order chi connectivity index (χ1) is 8.35.